The lowest BCUT2D eigenvalue weighted by atomic mass is 9.80. The summed E-state index contributed by atoms with van der Waals surface area (Å²) in [5.41, 5.74) is 0.461. The third-order valence-corrected chi connectivity index (χ3v) is 3.80. The zero-order valence-corrected chi connectivity index (χ0v) is 11.4. The minimum Gasteiger partial charge on any atom is -0.312 e. The first-order valence-electron chi connectivity index (χ1n) is 6.51. The fourth-order valence-electron chi connectivity index (χ4n) is 2.42. The Morgan fingerprint density at radius 2 is 2.19 bits per heavy atom. The average molecular weight is 224 g/mol. The molecular weight excluding hydrogens is 196 g/mol. The van der Waals surface area contributed by atoms with E-state index >= 15 is 0 Å². The Labute approximate surface area is 101 Å². The summed E-state index contributed by atoms with van der Waals surface area (Å²) in [5.74, 6) is 0.856. The van der Waals surface area contributed by atoms with E-state index in [1.807, 2.05) is 6.08 Å². The van der Waals surface area contributed by atoms with Gasteiger partial charge in [-0.15, -0.1) is 6.58 Å². The highest BCUT2D eigenvalue weighted by molar-refractivity contribution is 4.86. The van der Waals surface area contributed by atoms with E-state index in [0.29, 0.717) is 11.5 Å². The van der Waals surface area contributed by atoms with Gasteiger partial charge in [-0.2, -0.15) is 0 Å². The largest absolute Gasteiger partial charge is 0.312 e. The SMILES string of the molecule is C=CCNCC(C)N1CCC(C(C)(C)C)C1. The summed E-state index contributed by atoms with van der Waals surface area (Å²) in [6, 6.07) is 0.646. The standard InChI is InChI=1S/C14H28N2/c1-6-8-15-10-12(2)16-9-7-13(11-16)14(3,4)5/h6,12-13,15H,1,7-11H2,2-5H3. The Balaban J connectivity index is 2.32. The Morgan fingerprint density at radius 1 is 1.50 bits per heavy atom. The summed E-state index contributed by atoms with van der Waals surface area (Å²) >= 11 is 0. The van der Waals surface area contributed by atoms with E-state index in [1.54, 1.807) is 0 Å². The topological polar surface area (TPSA) is 15.3 Å². The highest BCUT2D eigenvalue weighted by Gasteiger charge is 2.33. The lowest BCUT2D eigenvalue weighted by Gasteiger charge is -2.29. The predicted octanol–water partition coefficient (Wildman–Crippen LogP) is 2.52. The number of nitrogens with one attached hydrogen (secondary N) is 1. The zero-order valence-electron chi connectivity index (χ0n) is 11.4. The van der Waals surface area contributed by atoms with Crippen molar-refractivity contribution in [3.8, 4) is 0 Å². The van der Waals surface area contributed by atoms with Crippen LogP contribution in [0.5, 0.6) is 0 Å². The molecule has 0 aliphatic carbocycles. The Hall–Kier alpha value is -0.340. The molecule has 94 valence electrons. The van der Waals surface area contributed by atoms with Gasteiger partial charge in [0.15, 0.2) is 0 Å². The molecule has 1 rings (SSSR count). The molecule has 0 aromatic carbocycles. The van der Waals surface area contributed by atoms with Gasteiger partial charge in [0.25, 0.3) is 0 Å². The first-order valence-corrected chi connectivity index (χ1v) is 6.51. The van der Waals surface area contributed by atoms with E-state index in [-0.39, 0.29) is 0 Å². The lowest BCUT2D eigenvalue weighted by Crippen LogP contribution is -2.39. The quantitative estimate of drug-likeness (QED) is 0.570. The Bertz CT molecular complexity index is 217. The second-order valence-electron chi connectivity index (χ2n) is 6.14. The molecular formula is C14H28N2. The van der Waals surface area contributed by atoms with Crippen LogP contribution in [-0.2, 0) is 0 Å². The molecule has 0 saturated carbocycles. The Morgan fingerprint density at radius 3 is 2.69 bits per heavy atom. The summed E-state index contributed by atoms with van der Waals surface area (Å²) in [7, 11) is 0. The summed E-state index contributed by atoms with van der Waals surface area (Å²) in [6.45, 7) is 17.6. The first-order chi connectivity index (χ1) is 7.45. The fourth-order valence-corrected chi connectivity index (χ4v) is 2.42. The van der Waals surface area contributed by atoms with Crippen molar-refractivity contribution in [1.82, 2.24) is 10.2 Å². The van der Waals surface area contributed by atoms with E-state index in [4.69, 9.17) is 0 Å². The van der Waals surface area contributed by atoms with Gasteiger partial charge in [-0.1, -0.05) is 26.8 Å². The van der Waals surface area contributed by atoms with Gasteiger partial charge < -0.3 is 5.32 Å². The van der Waals surface area contributed by atoms with Crippen molar-refractivity contribution in [2.75, 3.05) is 26.2 Å². The monoisotopic (exact) mass is 224 g/mol. The first kappa shape index (κ1) is 13.7. The molecule has 2 nitrogen and oxygen atoms in total. The molecule has 0 aromatic rings. The third kappa shape index (κ3) is 3.91. The molecule has 0 bridgehead atoms. The van der Waals surface area contributed by atoms with Crippen LogP contribution in [0.25, 0.3) is 0 Å². The molecule has 0 amide bonds. The van der Waals surface area contributed by atoms with Gasteiger partial charge >= 0.3 is 0 Å². The van der Waals surface area contributed by atoms with Gasteiger partial charge in [-0.3, -0.25) is 4.90 Å². The van der Waals surface area contributed by atoms with E-state index < -0.39 is 0 Å². The molecule has 0 aromatic heterocycles. The molecule has 1 aliphatic rings. The van der Waals surface area contributed by atoms with Crippen LogP contribution in [0.2, 0.25) is 0 Å². The van der Waals surface area contributed by atoms with Crippen LogP contribution in [0.4, 0.5) is 0 Å². The van der Waals surface area contributed by atoms with Gasteiger partial charge in [-0.25, -0.2) is 0 Å². The molecule has 16 heavy (non-hydrogen) atoms. The molecule has 1 saturated heterocycles. The van der Waals surface area contributed by atoms with Crippen molar-refractivity contribution in [2.24, 2.45) is 11.3 Å². The minimum absolute atomic E-state index is 0.461. The molecule has 0 spiro atoms. The maximum Gasteiger partial charge on any atom is 0.0192 e. The molecule has 1 N–H and O–H groups in total. The van der Waals surface area contributed by atoms with Crippen molar-refractivity contribution in [3.63, 3.8) is 0 Å². The maximum atomic E-state index is 3.72. The molecule has 1 aliphatic heterocycles. The van der Waals surface area contributed by atoms with E-state index in [2.05, 4.69) is 44.5 Å². The van der Waals surface area contributed by atoms with Crippen LogP contribution >= 0.6 is 0 Å². The van der Waals surface area contributed by atoms with Gasteiger partial charge in [0.05, 0.1) is 0 Å². The number of nitrogens with zero attached hydrogens (tertiary/aromatic N) is 1. The van der Waals surface area contributed by atoms with E-state index in [1.165, 1.54) is 19.5 Å². The zero-order chi connectivity index (χ0) is 12.2. The number of hydrogen-bond donors (Lipinski definition) is 1. The average Bonchev–Trinajstić information content (AvgIpc) is 2.66. The highest BCUT2D eigenvalue weighted by atomic mass is 15.2. The van der Waals surface area contributed by atoms with Crippen LogP contribution in [0.3, 0.4) is 0 Å². The van der Waals surface area contributed by atoms with Crippen molar-refractivity contribution >= 4 is 0 Å². The molecule has 1 heterocycles. The predicted molar refractivity (Wildman–Crippen MR) is 71.7 cm³/mol. The van der Waals surface area contributed by atoms with Crippen LogP contribution in [-0.4, -0.2) is 37.1 Å². The Kier molecular flexibility index (Phi) is 5.00. The second-order valence-corrected chi connectivity index (χ2v) is 6.14. The third-order valence-electron chi connectivity index (χ3n) is 3.80. The molecule has 2 heteroatoms. The van der Waals surface area contributed by atoms with Gasteiger partial charge in [0.1, 0.15) is 0 Å². The molecule has 2 atom stereocenters. The summed E-state index contributed by atoms with van der Waals surface area (Å²) < 4.78 is 0. The van der Waals surface area contributed by atoms with Gasteiger partial charge in [0, 0.05) is 25.7 Å². The van der Waals surface area contributed by atoms with E-state index in [0.717, 1.165) is 19.0 Å². The van der Waals surface area contributed by atoms with Crippen molar-refractivity contribution in [3.05, 3.63) is 12.7 Å². The summed E-state index contributed by atoms with van der Waals surface area (Å²) in [6.07, 6.45) is 3.28. The smallest absolute Gasteiger partial charge is 0.0192 e. The van der Waals surface area contributed by atoms with Gasteiger partial charge in [-0.05, 0) is 31.2 Å². The molecule has 0 radical (unpaired) electrons. The summed E-state index contributed by atoms with van der Waals surface area (Å²) in [5, 5.41) is 3.41. The second kappa shape index (κ2) is 5.83. The maximum absolute atomic E-state index is 3.72. The van der Waals surface area contributed by atoms with Crippen LogP contribution < -0.4 is 5.32 Å². The normalized spacial score (nSPS) is 24.6. The van der Waals surface area contributed by atoms with Crippen molar-refractivity contribution < 1.29 is 0 Å². The fraction of sp³-hybridized carbons (Fsp3) is 0.857. The van der Waals surface area contributed by atoms with Crippen LogP contribution in [0.1, 0.15) is 34.1 Å². The lowest BCUT2D eigenvalue weighted by molar-refractivity contribution is 0.200. The number of hydrogen-bond acceptors (Lipinski definition) is 2. The van der Waals surface area contributed by atoms with Crippen LogP contribution in [0.15, 0.2) is 12.7 Å². The van der Waals surface area contributed by atoms with Crippen molar-refractivity contribution in [2.45, 2.75) is 40.2 Å². The molecule has 1 fully saturated rings. The number of rotatable bonds is 5. The van der Waals surface area contributed by atoms with Gasteiger partial charge in [0.2, 0.25) is 0 Å². The molecule has 2 unspecified atom stereocenters. The van der Waals surface area contributed by atoms with Crippen molar-refractivity contribution in [1.29, 1.82) is 0 Å². The summed E-state index contributed by atoms with van der Waals surface area (Å²) in [4.78, 5) is 2.62. The van der Waals surface area contributed by atoms with E-state index in [9.17, 15) is 0 Å². The number of likely N-dealkylation sites (tertiary alicyclic amines) is 1. The highest BCUT2D eigenvalue weighted by Crippen LogP contribution is 2.34. The minimum atomic E-state index is 0.461. The van der Waals surface area contributed by atoms with Crippen LogP contribution in [0, 0.1) is 11.3 Å².